The van der Waals surface area contributed by atoms with E-state index in [1.54, 1.807) is 25.1 Å². The Balaban J connectivity index is 2.78. The number of methoxy groups -OCH3 is 1. The maximum absolute atomic E-state index is 12.2. The fourth-order valence-corrected chi connectivity index (χ4v) is 1.91. The van der Waals surface area contributed by atoms with Crippen molar-refractivity contribution in [1.82, 2.24) is 10.6 Å². The van der Waals surface area contributed by atoms with E-state index in [0.717, 1.165) is 6.42 Å². The zero-order valence-electron chi connectivity index (χ0n) is 14.4. The molecule has 6 nitrogen and oxygen atoms in total. The normalized spacial score (nSPS) is 11.7. The van der Waals surface area contributed by atoms with Crippen LogP contribution < -0.4 is 20.1 Å². The van der Waals surface area contributed by atoms with E-state index < -0.39 is 6.04 Å². The van der Waals surface area contributed by atoms with E-state index in [1.165, 1.54) is 7.11 Å². The molecule has 2 N–H and O–H groups in total. The average molecular weight is 322 g/mol. The van der Waals surface area contributed by atoms with E-state index in [2.05, 4.69) is 10.6 Å². The second kappa shape index (κ2) is 9.02. The van der Waals surface area contributed by atoms with Crippen LogP contribution in [0.1, 0.15) is 44.5 Å². The van der Waals surface area contributed by atoms with Gasteiger partial charge in [0.25, 0.3) is 5.91 Å². The average Bonchev–Trinajstić information content (AvgIpc) is 2.52. The Labute approximate surface area is 137 Å². The lowest BCUT2D eigenvalue weighted by Crippen LogP contribution is -2.45. The van der Waals surface area contributed by atoms with Gasteiger partial charge in [-0.15, -0.1) is 0 Å². The molecule has 1 unspecified atom stereocenters. The van der Waals surface area contributed by atoms with Gasteiger partial charge in [0.2, 0.25) is 5.91 Å². The first-order valence-corrected chi connectivity index (χ1v) is 7.82. The summed E-state index contributed by atoms with van der Waals surface area (Å²) in [6.45, 7) is 8.04. The third-order valence-corrected chi connectivity index (χ3v) is 3.08. The number of hydrogen-bond acceptors (Lipinski definition) is 4. The Morgan fingerprint density at radius 1 is 1.17 bits per heavy atom. The SMILES string of the molecule is CCCNC(=O)C(C)NC(=O)c1ccc(OC(C)C)c(OC)c1. The van der Waals surface area contributed by atoms with Crippen LogP contribution >= 0.6 is 0 Å². The van der Waals surface area contributed by atoms with Gasteiger partial charge in [-0.2, -0.15) is 0 Å². The highest BCUT2D eigenvalue weighted by molar-refractivity contribution is 5.97. The molecule has 0 saturated carbocycles. The van der Waals surface area contributed by atoms with Gasteiger partial charge in [-0.1, -0.05) is 6.92 Å². The second-order valence-corrected chi connectivity index (χ2v) is 5.52. The molecular weight excluding hydrogens is 296 g/mol. The van der Waals surface area contributed by atoms with Gasteiger partial charge in [0.05, 0.1) is 13.2 Å². The van der Waals surface area contributed by atoms with Crippen molar-refractivity contribution in [2.24, 2.45) is 0 Å². The summed E-state index contributed by atoms with van der Waals surface area (Å²) in [6, 6.07) is 4.33. The van der Waals surface area contributed by atoms with Crippen molar-refractivity contribution in [2.75, 3.05) is 13.7 Å². The van der Waals surface area contributed by atoms with Crippen molar-refractivity contribution in [3.05, 3.63) is 23.8 Å². The minimum absolute atomic E-state index is 0.00543. The van der Waals surface area contributed by atoms with Crippen molar-refractivity contribution < 1.29 is 19.1 Å². The molecule has 1 aromatic carbocycles. The van der Waals surface area contributed by atoms with Crippen molar-refractivity contribution in [1.29, 1.82) is 0 Å². The van der Waals surface area contributed by atoms with Gasteiger partial charge in [0.15, 0.2) is 11.5 Å². The quantitative estimate of drug-likeness (QED) is 0.769. The predicted molar refractivity (Wildman–Crippen MR) is 89.0 cm³/mol. The maximum Gasteiger partial charge on any atom is 0.252 e. The summed E-state index contributed by atoms with van der Waals surface area (Å²) in [5, 5.41) is 5.41. The first-order valence-electron chi connectivity index (χ1n) is 7.82. The van der Waals surface area contributed by atoms with E-state index in [0.29, 0.717) is 23.6 Å². The van der Waals surface area contributed by atoms with Gasteiger partial charge in [0.1, 0.15) is 6.04 Å². The molecule has 0 aromatic heterocycles. The van der Waals surface area contributed by atoms with Crippen molar-refractivity contribution >= 4 is 11.8 Å². The molecular formula is C17H26N2O4. The minimum atomic E-state index is -0.605. The van der Waals surface area contributed by atoms with E-state index in [1.807, 2.05) is 20.8 Å². The Bertz CT molecular complexity index is 543. The van der Waals surface area contributed by atoms with Crippen LogP contribution in [0, 0.1) is 0 Å². The van der Waals surface area contributed by atoms with Crippen LogP contribution in [-0.2, 0) is 4.79 Å². The first kappa shape index (κ1) is 18.8. The number of rotatable bonds is 8. The van der Waals surface area contributed by atoms with E-state index in [-0.39, 0.29) is 17.9 Å². The topological polar surface area (TPSA) is 76.7 Å². The van der Waals surface area contributed by atoms with Crippen LogP contribution in [-0.4, -0.2) is 37.6 Å². The summed E-state index contributed by atoms with van der Waals surface area (Å²) in [5.74, 6) is 0.521. The van der Waals surface area contributed by atoms with Crippen molar-refractivity contribution in [3.8, 4) is 11.5 Å². The molecule has 1 rings (SSSR count). The number of carbonyl (C=O) groups excluding carboxylic acids is 2. The molecule has 23 heavy (non-hydrogen) atoms. The molecule has 128 valence electrons. The molecule has 6 heteroatoms. The lowest BCUT2D eigenvalue weighted by Gasteiger charge is -2.16. The van der Waals surface area contributed by atoms with E-state index in [4.69, 9.17) is 9.47 Å². The predicted octanol–water partition coefficient (Wildman–Crippen LogP) is 2.13. The molecule has 1 aromatic rings. The molecule has 0 spiro atoms. The van der Waals surface area contributed by atoms with Crippen LogP contribution in [0.4, 0.5) is 0 Å². The third kappa shape index (κ3) is 5.81. The fraction of sp³-hybridized carbons (Fsp3) is 0.529. The molecule has 0 fully saturated rings. The number of ether oxygens (including phenoxy) is 2. The van der Waals surface area contributed by atoms with Crippen LogP contribution in [0.2, 0.25) is 0 Å². The highest BCUT2D eigenvalue weighted by atomic mass is 16.5. The fourth-order valence-electron chi connectivity index (χ4n) is 1.91. The third-order valence-electron chi connectivity index (χ3n) is 3.08. The molecule has 0 bridgehead atoms. The zero-order chi connectivity index (χ0) is 17.4. The Kier molecular flexibility index (Phi) is 7.38. The Hall–Kier alpha value is -2.24. The number of hydrogen-bond donors (Lipinski definition) is 2. The van der Waals surface area contributed by atoms with Gasteiger partial charge in [-0.3, -0.25) is 9.59 Å². The summed E-state index contributed by atoms with van der Waals surface area (Å²) in [5.41, 5.74) is 0.410. The van der Waals surface area contributed by atoms with Gasteiger partial charge in [-0.05, 0) is 45.4 Å². The number of nitrogens with one attached hydrogen (secondary N) is 2. The molecule has 0 aliphatic carbocycles. The first-order chi connectivity index (χ1) is 10.9. The summed E-state index contributed by atoms with van der Waals surface area (Å²) < 4.78 is 10.9. The van der Waals surface area contributed by atoms with Crippen LogP contribution in [0.15, 0.2) is 18.2 Å². The molecule has 0 aliphatic rings. The van der Waals surface area contributed by atoms with E-state index >= 15 is 0 Å². The van der Waals surface area contributed by atoms with E-state index in [9.17, 15) is 9.59 Å². The maximum atomic E-state index is 12.2. The minimum Gasteiger partial charge on any atom is -0.493 e. The number of benzene rings is 1. The van der Waals surface area contributed by atoms with Crippen LogP contribution in [0.25, 0.3) is 0 Å². The molecule has 0 aliphatic heterocycles. The monoisotopic (exact) mass is 322 g/mol. The largest absolute Gasteiger partial charge is 0.493 e. The van der Waals surface area contributed by atoms with Crippen LogP contribution in [0.3, 0.4) is 0 Å². The summed E-state index contributed by atoms with van der Waals surface area (Å²) in [6.07, 6.45) is 0.854. The van der Waals surface area contributed by atoms with Gasteiger partial charge in [0, 0.05) is 12.1 Å². The summed E-state index contributed by atoms with van der Waals surface area (Å²) in [7, 11) is 1.52. The lowest BCUT2D eigenvalue weighted by molar-refractivity contribution is -0.122. The molecule has 0 radical (unpaired) electrons. The molecule has 2 amide bonds. The second-order valence-electron chi connectivity index (χ2n) is 5.52. The molecule has 0 saturated heterocycles. The number of amides is 2. The standard InChI is InChI=1S/C17H26N2O4/c1-6-9-18-16(20)12(4)19-17(21)13-7-8-14(23-11(2)3)15(10-13)22-5/h7-8,10-12H,6,9H2,1-5H3,(H,18,20)(H,19,21). The van der Waals surface area contributed by atoms with Gasteiger partial charge < -0.3 is 20.1 Å². The Morgan fingerprint density at radius 3 is 2.43 bits per heavy atom. The van der Waals surface area contributed by atoms with Gasteiger partial charge >= 0.3 is 0 Å². The smallest absolute Gasteiger partial charge is 0.252 e. The summed E-state index contributed by atoms with van der Waals surface area (Å²) >= 11 is 0. The van der Waals surface area contributed by atoms with Crippen LogP contribution in [0.5, 0.6) is 11.5 Å². The van der Waals surface area contributed by atoms with Crippen molar-refractivity contribution in [3.63, 3.8) is 0 Å². The highest BCUT2D eigenvalue weighted by Crippen LogP contribution is 2.28. The molecule has 1 atom stereocenters. The van der Waals surface area contributed by atoms with Crippen molar-refractivity contribution in [2.45, 2.75) is 46.3 Å². The molecule has 0 heterocycles. The summed E-state index contributed by atoms with van der Waals surface area (Å²) in [4.78, 5) is 24.0. The number of carbonyl (C=O) groups is 2. The Morgan fingerprint density at radius 2 is 1.87 bits per heavy atom. The zero-order valence-corrected chi connectivity index (χ0v) is 14.4. The lowest BCUT2D eigenvalue weighted by atomic mass is 10.1. The van der Waals surface area contributed by atoms with Gasteiger partial charge in [-0.25, -0.2) is 0 Å². The highest BCUT2D eigenvalue weighted by Gasteiger charge is 2.17.